The quantitative estimate of drug-likeness (QED) is 0.655. The zero-order valence-electron chi connectivity index (χ0n) is 11.3. The minimum atomic E-state index is -0.184. The molecule has 0 aliphatic rings. The van der Waals surface area contributed by atoms with Crippen molar-refractivity contribution in [2.24, 2.45) is 0 Å². The van der Waals surface area contributed by atoms with E-state index in [2.05, 4.69) is 25.5 Å². The fourth-order valence-electron chi connectivity index (χ4n) is 2.63. The highest BCUT2D eigenvalue weighted by molar-refractivity contribution is 9.10. The lowest BCUT2D eigenvalue weighted by atomic mass is 10.1. The van der Waals surface area contributed by atoms with Crippen LogP contribution in [0.2, 0.25) is 0 Å². The summed E-state index contributed by atoms with van der Waals surface area (Å²) in [5, 5.41) is 0. The van der Waals surface area contributed by atoms with E-state index in [0.29, 0.717) is 5.56 Å². The number of hydrogen-bond donors (Lipinski definition) is 0. The normalized spacial score (nSPS) is 12.8. The van der Waals surface area contributed by atoms with Gasteiger partial charge in [0.05, 0.1) is 17.1 Å². The van der Waals surface area contributed by atoms with Gasteiger partial charge < -0.3 is 4.57 Å². The molecule has 0 fully saturated rings. The van der Waals surface area contributed by atoms with Crippen molar-refractivity contribution >= 4 is 27.0 Å². The summed E-state index contributed by atoms with van der Waals surface area (Å²) in [6.07, 6.45) is 0. The molecule has 0 amide bonds. The van der Waals surface area contributed by atoms with Crippen LogP contribution in [0.1, 0.15) is 24.4 Å². The Labute approximate surface area is 125 Å². The van der Waals surface area contributed by atoms with Crippen molar-refractivity contribution < 1.29 is 4.39 Å². The standard InChI is InChI=1S/C16H14BrFN2/c1-10(13-5-3-4-6-14(13)18)20-11(2)19-15-8-7-12(17)9-16(15)20/h3-10H,1-2H3. The van der Waals surface area contributed by atoms with Crippen LogP contribution < -0.4 is 0 Å². The number of benzene rings is 2. The van der Waals surface area contributed by atoms with E-state index < -0.39 is 0 Å². The third kappa shape index (κ3) is 2.14. The highest BCUT2D eigenvalue weighted by Crippen LogP contribution is 2.28. The van der Waals surface area contributed by atoms with Gasteiger partial charge in [0.25, 0.3) is 0 Å². The molecule has 0 spiro atoms. The van der Waals surface area contributed by atoms with Gasteiger partial charge in [-0.25, -0.2) is 9.37 Å². The first-order chi connectivity index (χ1) is 9.58. The van der Waals surface area contributed by atoms with E-state index in [1.807, 2.05) is 44.2 Å². The first-order valence-electron chi connectivity index (χ1n) is 6.46. The van der Waals surface area contributed by atoms with Crippen molar-refractivity contribution in [3.8, 4) is 0 Å². The maximum absolute atomic E-state index is 14.0. The van der Waals surface area contributed by atoms with Gasteiger partial charge in [-0.05, 0) is 38.1 Å². The van der Waals surface area contributed by atoms with Gasteiger partial charge >= 0.3 is 0 Å². The number of aryl methyl sites for hydroxylation is 1. The molecule has 1 aromatic heterocycles. The van der Waals surface area contributed by atoms with Gasteiger partial charge in [-0.3, -0.25) is 0 Å². The number of hydrogen-bond acceptors (Lipinski definition) is 1. The van der Waals surface area contributed by atoms with Crippen molar-refractivity contribution in [3.05, 3.63) is 64.1 Å². The SMILES string of the molecule is Cc1nc2ccc(Br)cc2n1C(C)c1ccccc1F. The third-order valence-corrected chi connectivity index (χ3v) is 4.06. The molecule has 0 bridgehead atoms. The van der Waals surface area contributed by atoms with E-state index in [4.69, 9.17) is 0 Å². The molecule has 0 radical (unpaired) electrons. The summed E-state index contributed by atoms with van der Waals surface area (Å²) in [6.45, 7) is 3.94. The molecule has 1 unspecified atom stereocenters. The average molecular weight is 333 g/mol. The van der Waals surface area contributed by atoms with Crippen LogP contribution in [0.4, 0.5) is 4.39 Å². The van der Waals surface area contributed by atoms with Gasteiger partial charge in [-0.1, -0.05) is 34.1 Å². The predicted octanol–water partition coefficient (Wildman–Crippen LogP) is 4.86. The maximum atomic E-state index is 14.0. The van der Waals surface area contributed by atoms with Crippen molar-refractivity contribution in [1.82, 2.24) is 9.55 Å². The molecule has 0 aliphatic heterocycles. The predicted molar refractivity (Wildman–Crippen MR) is 82.4 cm³/mol. The second-order valence-electron chi connectivity index (χ2n) is 4.86. The smallest absolute Gasteiger partial charge is 0.128 e. The van der Waals surface area contributed by atoms with E-state index in [1.165, 1.54) is 6.07 Å². The number of nitrogens with zero attached hydrogens (tertiary/aromatic N) is 2. The first kappa shape index (κ1) is 13.3. The number of halogens is 2. The Morgan fingerprint density at radius 1 is 1.20 bits per heavy atom. The zero-order valence-corrected chi connectivity index (χ0v) is 12.9. The number of fused-ring (bicyclic) bond motifs is 1. The monoisotopic (exact) mass is 332 g/mol. The summed E-state index contributed by atoms with van der Waals surface area (Å²) in [5.41, 5.74) is 2.61. The van der Waals surface area contributed by atoms with Gasteiger partial charge in [0, 0.05) is 10.0 Å². The highest BCUT2D eigenvalue weighted by Gasteiger charge is 2.17. The maximum Gasteiger partial charge on any atom is 0.128 e. The lowest BCUT2D eigenvalue weighted by molar-refractivity contribution is 0.557. The van der Waals surface area contributed by atoms with Crippen LogP contribution in [0.15, 0.2) is 46.9 Å². The lowest BCUT2D eigenvalue weighted by Crippen LogP contribution is -2.10. The summed E-state index contributed by atoms with van der Waals surface area (Å²) in [4.78, 5) is 4.55. The molecule has 4 heteroatoms. The third-order valence-electron chi connectivity index (χ3n) is 3.57. The molecule has 2 nitrogen and oxygen atoms in total. The molecular formula is C16H14BrFN2. The second kappa shape index (κ2) is 5.02. The van der Waals surface area contributed by atoms with Crippen LogP contribution in [-0.2, 0) is 0 Å². The van der Waals surface area contributed by atoms with E-state index in [1.54, 1.807) is 6.07 Å². The summed E-state index contributed by atoms with van der Waals surface area (Å²) in [5.74, 6) is 0.699. The fourth-order valence-corrected chi connectivity index (χ4v) is 2.98. The van der Waals surface area contributed by atoms with E-state index in [9.17, 15) is 4.39 Å². The second-order valence-corrected chi connectivity index (χ2v) is 5.78. The molecule has 0 N–H and O–H groups in total. The minimum absolute atomic E-state index is 0.101. The summed E-state index contributed by atoms with van der Waals surface area (Å²) in [6, 6.07) is 12.7. The van der Waals surface area contributed by atoms with Crippen LogP contribution in [-0.4, -0.2) is 9.55 Å². The number of rotatable bonds is 2. The van der Waals surface area contributed by atoms with Gasteiger partial charge in [0.15, 0.2) is 0 Å². The van der Waals surface area contributed by atoms with E-state index in [0.717, 1.165) is 21.3 Å². The first-order valence-corrected chi connectivity index (χ1v) is 7.25. The molecule has 3 aromatic rings. The van der Waals surface area contributed by atoms with Gasteiger partial charge in [-0.15, -0.1) is 0 Å². The lowest BCUT2D eigenvalue weighted by Gasteiger charge is -2.17. The van der Waals surface area contributed by atoms with Crippen LogP contribution in [0.25, 0.3) is 11.0 Å². The molecule has 0 aliphatic carbocycles. The van der Waals surface area contributed by atoms with Gasteiger partial charge in [0.1, 0.15) is 11.6 Å². The van der Waals surface area contributed by atoms with Crippen molar-refractivity contribution in [2.45, 2.75) is 19.9 Å². The van der Waals surface area contributed by atoms with Gasteiger partial charge in [0.2, 0.25) is 0 Å². The molecule has 1 atom stereocenters. The minimum Gasteiger partial charge on any atom is -0.321 e. The van der Waals surface area contributed by atoms with Crippen LogP contribution in [0, 0.1) is 12.7 Å². The number of aromatic nitrogens is 2. The Hall–Kier alpha value is -1.68. The Morgan fingerprint density at radius 2 is 1.95 bits per heavy atom. The molecule has 102 valence electrons. The average Bonchev–Trinajstić information content (AvgIpc) is 2.74. The Kier molecular flexibility index (Phi) is 3.34. The Bertz CT molecular complexity index is 779. The summed E-state index contributed by atoms with van der Waals surface area (Å²) in [7, 11) is 0. The van der Waals surface area contributed by atoms with Crippen LogP contribution in [0.5, 0.6) is 0 Å². The largest absolute Gasteiger partial charge is 0.321 e. The Balaban J connectivity index is 2.21. The molecule has 1 heterocycles. The topological polar surface area (TPSA) is 17.8 Å². The molecule has 20 heavy (non-hydrogen) atoms. The van der Waals surface area contributed by atoms with Gasteiger partial charge in [-0.2, -0.15) is 0 Å². The fraction of sp³-hybridized carbons (Fsp3) is 0.188. The molecule has 0 saturated carbocycles. The highest BCUT2D eigenvalue weighted by atomic mass is 79.9. The van der Waals surface area contributed by atoms with Crippen molar-refractivity contribution in [3.63, 3.8) is 0 Å². The molecule has 3 rings (SSSR count). The zero-order chi connectivity index (χ0) is 14.3. The van der Waals surface area contributed by atoms with Crippen molar-refractivity contribution in [1.29, 1.82) is 0 Å². The molecule has 0 saturated heterocycles. The summed E-state index contributed by atoms with van der Waals surface area (Å²) >= 11 is 3.48. The Morgan fingerprint density at radius 3 is 2.70 bits per heavy atom. The van der Waals surface area contributed by atoms with E-state index in [-0.39, 0.29) is 11.9 Å². The number of imidazole rings is 1. The molecule has 2 aromatic carbocycles. The van der Waals surface area contributed by atoms with Crippen molar-refractivity contribution in [2.75, 3.05) is 0 Å². The van der Waals surface area contributed by atoms with Crippen LogP contribution in [0.3, 0.4) is 0 Å². The summed E-state index contributed by atoms with van der Waals surface area (Å²) < 4.78 is 17.1. The molecular weight excluding hydrogens is 319 g/mol. The van der Waals surface area contributed by atoms with Crippen LogP contribution >= 0.6 is 15.9 Å². The van der Waals surface area contributed by atoms with E-state index >= 15 is 0 Å².